The van der Waals surface area contributed by atoms with Crippen molar-refractivity contribution in [3.8, 4) is 0 Å². The summed E-state index contributed by atoms with van der Waals surface area (Å²) in [7, 11) is 0. The number of carbonyl (C=O) groups excluding carboxylic acids is 1. The molecule has 112 valence electrons. The second-order valence-electron chi connectivity index (χ2n) is 5.35. The lowest BCUT2D eigenvalue weighted by atomic mass is 10.2. The molecule has 1 fully saturated rings. The van der Waals surface area contributed by atoms with E-state index in [4.69, 9.17) is 4.74 Å². The van der Waals surface area contributed by atoms with Crippen molar-refractivity contribution in [2.24, 2.45) is 0 Å². The largest absolute Gasteiger partial charge is 0.378 e. The van der Waals surface area contributed by atoms with E-state index in [-0.39, 0.29) is 5.91 Å². The van der Waals surface area contributed by atoms with Gasteiger partial charge in [0.1, 0.15) is 0 Å². The fourth-order valence-electron chi connectivity index (χ4n) is 2.58. The molecule has 0 bridgehead atoms. The number of nitrogens with zero attached hydrogens (tertiary/aromatic N) is 1. The van der Waals surface area contributed by atoms with Gasteiger partial charge in [-0.25, -0.2) is 4.98 Å². The van der Waals surface area contributed by atoms with Crippen LogP contribution in [-0.4, -0.2) is 30.1 Å². The van der Waals surface area contributed by atoms with Crippen LogP contribution in [0.25, 0.3) is 10.2 Å². The van der Waals surface area contributed by atoms with Crippen molar-refractivity contribution in [1.29, 1.82) is 0 Å². The van der Waals surface area contributed by atoms with Gasteiger partial charge in [-0.15, -0.1) is 11.3 Å². The summed E-state index contributed by atoms with van der Waals surface area (Å²) in [5.41, 5.74) is 1.02. The Kier molecular flexibility index (Phi) is 4.83. The Labute approximate surface area is 128 Å². The first-order valence-corrected chi connectivity index (χ1v) is 8.35. The molecule has 1 amide bonds. The van der Waals surface area contributed by atoms with Crippen LogP contribution in [0.4, 0.5) is 0 Å². The second-order valence-corrected chi connectivity index (χ2v) is 6.46. The third-order valence-corrected chi connectivity index (χ3v) is 4.81. The van der Waals surface area contributed by atoms with Crippen LogP contribution < -0.4 is 5.32 Å². The van der Waals surface area contributed by atoms with Gasteiger partial charge in [-0.1, -0.05) is 12.1 Å². The van der Waals surface area contributed by atoms with Gasteiger partial charge in [-0.05, 0) is 31.4 Å². The average Bonchev–Trinajstić information content (AvgIpc) is 3.13. The molecule has 2 heterocycles. The van der Waals surface area contributed by atoms with Crippen LogP contribution in [0.3, 0.4) is 0 Å². The van der Waals surface area contributed by atoms with E-state index in [0.717, 1.165) is 36.4 Å². The average molecular weight is 304 g/mol. The maximum atomic E-state index is 11.8. The molecule has 5 heteroatoms. The van der Waals surface area contributed by atoms with Crippen molar-refractivity contribution in [2.75, 3.05) is 13.2 Å². The molecule has 1 aliphatic heterocycles. The molecule has 3 rings (SSSR count). The number of carbonyl (C=O) groups is 1. The van der Waals surface area contributed by atoms with Gasteiger partial charge in [0.2, 0.25) is 5.91 Å². The van der Waals surface area contributed by atoms with E-state index in [9.17, 15) is 4.79 Å². The zero-order valence-corrected chi connectivity index (χ0v) is 12.8. The number of para-hydroxylation sites is 1. The van der Waals surface area contributed by atoms with Crippen molar-refractivity contribution in [3.63, 3.8) is 0 Å². The minimum atomic E-state index is 0.104. The van der Waals surface area contributed by atoms with Gasteiger partial charge < -0.3 is 10.1 Å². The first-order valence-electron chi connectivity index (χ1n) is 7.54. The van der Waals surface area contributed by atoms with Crippen LogP contribution in [-0.2, 0) is 16.0 Å². The van der Waals surface area contributed by atoms with Crippen molar-refractivity contribution in [1.82, 2.24) is 10.3 Å². The maximum absolute atomic E-state index is 11.8. The number of thiazole rings is 1. The highest BCUT2D eigenvalue weighted by Gasteiger charge is 2.15. The number of aryl methyl sites for hydroxylation is 1. The van der Waals surface area contributed by atoms with E-state index in [2.05, 4.69) is 16.4 Å². The van der Waals surface area contributed by atoms with Gasteiger partial charge in [0.05, 0.1) is 21.3 Å². The number of hydrogen-bond acceptors (Lipinski definition) is 4. The quantitative estimate of drug-likeness (QED) is 0.892. The minimum absolute atomic E-state index is 0.104. The molecular weight excluding hydrogens is 284 g/mol. The van der Waals surface area contributed by atoms with Crippen LogP contribution in [0.5, 0.6) is 0 Å². The molecule has 1 N–H and O–H groups in total. The number of rotatable bonds is 6. The predicted molar refractivity (Wildman–Crippen MR) is 84.5 cm³/mol. The van der Waals surface area contributed by atoms with Crippen LogP contribution in [0.1, 0.15) is 30.7 Å². The smallest absolute Gasteiger partial charge is 0.220 e. The van der Waals surface area contributed by atoms with Gasteiger partial charge in [-0.2, -0.15) is 0 Å². The summed E-state index contributed by atoms with van der Waals surface area (Å²) in [4.78, 5) is 16.4. The van der Waals surface area contributed by atoms with Gasteiger partial charge in [0.25, 0.3) is 0 Å². The van der Waals surface area contributed by atoms with Crippen molar-refractivity contribution in [2.45, 2.75) is 38.2 Å². The fourth-order valence-corrected chi connectivity index (χ4v) is 3.55. The van der Waals surface area contributed by atoms with Gasteiger partial charge in [0.15, 0.2) is 0 Å². The zero-order chi connectivity index (χ0) is 14.5. The third-order valence-electron chi connectivity index (χ3n) is 3.72. The zero-order valence-electron chi connectivity index (χ0n) is 12.0. The molecule has 21 heavy (non-hydrogen) atoms. The van der Waals surface area contributed by atoms with E-state index in [1.165, 1.54) is 4.70 Å². The number of benzene rings is 1. The van der Waals surface area contributed by atoms with Crippen LogP contribution in [0.15, 0.2) is 24.3 Å². The van der Waals surface area contributed by atoms with Gasteiger partial charge in [0, 0.05) is 26.0 Å². The number of nitrogens with one attached hydrogen (secondary N) is 1. The van der Waals surface area contributed by atoms with E-state index in [1.54, 1.807) is 11.3 Å². The summed E-state index contributed by atoms with van der Waals surface area (Å²) in [6, 6.07) is 8.08. The molecule has 1 aliphatic rings. The highest BCUT2D eigenvalue weighted by atomic mass is 32.1. The number of amides is 1. The Hall–Kier alpha value is -1.46. The molecule has 2 aromatic rings. The maximum Gasteiger partial charge on any atom is 0.220 e. The Morgan fingerprint density at radius 2 is 2.33 bits per heavy atom. The molecule has 0 saturated carbocycles. The van der Waals surface area contributed by atoms with Crippen LogP contribution >= 0.6 is 11.3 Å². The molecule has 1 aromatic carbocycles. The molecule has 0 spiro atoms. The van der Waals surface area contributed by atoms with E-state index < -0.39 is 0 Å². The first-order chi connectivity index (χ1) is 10.3. The molecule has 1 saturated heterocycles. The van der Waals surface area contributed by atoms with Gasteiger partial charge >= 0.3 is 0 Å². The normalized spacial score (nSPS) is 18.2. The lowest BCUT2D eigenvalue weighted by molar-refractivity contribution is -0.121. The monoisotopic (exact) mass is 304 g/mol. The first kappa shape index (κ1) is 14.5. The van der Waals surface area contributed by atoms with Crippen molar-refractivity contribution in [3.05, 3.63) is 29.3 Å². The van der Waals surface area contributed by atoms with E-state index in [0.29, 0.717) is 25.5 Å². The molecule has 0 radical (unpaired) electrons. The SMILES string of the molecule is O=C(CCc1nc2ccccc2s1)NCC[C@H]1CCCO1. The Morgan fingerprint density at radius 1 is 1.43 bits per heavy atom. The van der Waals surface area contributed by atoms with E-state index >= 15 is 0 Å². The summed E-state index contributed by atoms with van der Waals surface area (Å²) in [5.74, 6) is 0.104. The molecule has 1 aromatic heterocycles. The van der Waals surface area contributed by atoms with Crippen molar-refractivity contribution >= 4 is 27.5 Å². The second kappa shape index (κ2) is 7.00. The summed E-state index contributed by atoms with van der Waals surface area (Å²) in [5, 5.41) is 4.00. The lowest BCUT2D eigenvalue weighted by Crippen LogP contribution is -2.27. The minimum Gasteiger partial charge on any atom is -0.378 e. The highest BCUT2D eigenvalue weighted by Crippen LogP contribution is 2.22. The molecule has 0 aliphatic carbocycles. The van der Waals surface area contributed by atoms with E-state index in [1.807, 2.05) is 18.2 Å². The number of aromatic nitrogens is 1. The summed E-state index contributed by atoms with van der Waals surface area (Å²) in [6.45, 7) is 1.58. The number of hydrogen-bond donors (Lipinski definition) is 1. The molecule has 4 nitrogen and oxygen atoms in total. The van der Waals surface area contributed by atoms with Crippen LogP contribution in [0, 0.1) is 0 Å². The summed E-state index contributed by atoms with van der Waals surface area (Å²) in [6.07, 6.45) is 4.76. The Bertz CT molecular complexity index is 572. The molecule has 0 unspecified atom stereocenters. The van der Waals surface area contributed by atoms with Crippen molar-refractivity contribution < 1.29 is 9.53 Å². The molecule has 1 atom stereocenters. The lowest BCUT2D eigenvalue weighted by Gasteiger charge is -2.09. The number of ether oxygens (including phenoxy) is 1. The Morgan fingerprint density at radius 3 is 3.14 bits per heavy atom. The highest BCUT2D eigenvalue weighted by molar-refractivity contribution is 7.18. The topological polar surface area (TPSA) is 51.2 Å². The predicted octanol–water partition coefficient (Wildman–Crippen LogP) is 2.91. The number of fused-ring (bicyclic) bond motifs is 1. The molecular formula is C16H20N2O2S. The van der Waals surface area contributed by atoms with Gasteiger partial charge in [-0.3, -0.25) is 4.79 Å². The fraction of sp³-hybridized carbons (Fsp3) is 0.500. The third kappa shape index (κ3) is 4.02. The Balaban J connectivity index is 1.40. The summed E-state index contributed by atoms with van der Waals surface area (Å²) >= 11 is 1.67. The standard InChI is InChI=1S/C16H20N2O2S/c19-15(17-10-9-12-4-3-11-20-12)7-8-16-18-13-5-1-2-6-14(13)21-16/h1-2,5-6,12H,3-4,7-11H2,(H,17,19)/t12-/m1/s1. The van der Waals surface area contributed by atoms with Crippen LogP contribution in [0.2, 0.25) is 0 Å². The summed E-state index contributed by atoms with van der Waals surface area (Å²) < 4.78 is 6.72.